The Morgan fingerprint density at radius 1 is 1.18 bits per heavy atom. The molecular formula is C20H21F3N4O. The fourth-order valence-corrected chi connectivity index (χ4v) is 3.68. The summed E-state index contributed by atoms with van der Waals surface area (Å²) in [7, 11) is 2.09. The Balaban J connectivity index is 1.62. The molecule has 1 saturated heterocycles. The number of hydrogen-bond acceptors (Lipinski definition) is 4. The summed E-state index contributed by atoms with van der Waals surface area (Å²) in [5.41, 5.74) is 0.0821. The van der Waals surface area contributed by atoms with Crippen molar-refractivity contribution < 1.29 is 17.9 Å². The van der Waals surface area contributed by atoms with E-state index in [0.29, 0.717) is 24.1 Å². The van der Waals surface area contributed by atoms with E-state index >= 15 is 0 Å². The Kier molecular flexibility index (Phi) is 4.97. The topological polar surface area (TPSA) is 42.7 Å². The summed E-state index contributed by atoms with van der Waals surface area (Å²) >= 11 is 0. The third-order valence-electron chi connectivity index (χ3n) is 5.04. The molecule has 28 heavy (non-hydrogen) atoms. The quantitative estimate of drug-likeness (QED) is 0.672. The predicted octanol–water partition coefficient (Wildman–Crippen LogP) is 4.14. The lowest BCUT2D eigenvalue weighted by Gasteiger charge is -2.29. The smallest absolute Gasteiger partial charge is 0.417 e. The van der Waals surface area contributed by atoms with Crippen molar-refractivity contribution in [1.29, 1.82) is 0 Å². The van der Waals surface area contributed by atoms with Gasteiger partial charge in [0.15, 0.2) is 5.65 Å². The SMILES string of the molecule is CN1CCCC(COc2ccc3ncc(-c4ccccc4C(F)(F)F)n3n2)C1. The van der Waals surface area contributed by atoms with Gasteiger partial charge < -0.3 is 9.64 Å². The van der Waals surface area contributed by atoms with Gasteiger partial charge in [-0.05, 0) is 38.6 Å². The third kappa shape index (κ3) is 3.82. The molecule has 0 aliphatic carbocycles. The molecule has 1 fully saturated rings. The van der Waals surface area contributed by atoms with Crippen LogP contribution in [0.25, 0.3) is 16.9 Å². The molecule has 1 atom stereocenters. The third-order valence-corrected chi connectivity index (χ3v) is 5.04. The molecule has 3 heterocycles. The standard InChI is InChI=1S/C20H21F3N4O/c1-26-10-4-5-14(12-26)13-28-19-9-8-18-24-11-17(27(18)25-19)15-6-2-3-7-16(15)20(21,22)23/h2-3,6-9,11,14H,4-5,10,12-13H2,1H3. The van der Waals surface area contributed by atoms with Crippen LogP contribution in [0, 0.1) is 5.92 Å². The van der Waals surface area contributed by atoms with E-state index in [-0.39, 0.29) is 11.3 Å². The molecule has 4 rings (SSSR count). The lowest BCUT2D eigenvalue weighted by atomic mass is 10.00. The maximum Gasteiger partial charge on any atom is 0.417 e. The highest BCUT2D eigenvalue weighted by Crippen LogP contribution is 2.37. The first-order chi connectivity index (χ1) is 13.4. The van der Waals surface area contributed by atoms with Crippen LogP contribution in [-0.2, 0) is 6.18 Å². The number of imidazole rings is 1. The Labute approximate surface area is 160 Å². The Morgan fingerprint density at radius 2 is 2.00 bits per heavy atom. The summed E-state index contributed by atoms with van der Waals surface area (Å²) in [6.07, 6.45) is -0.812. The Bertz CT molecular complexity index is 969. The number of hydrogen-bond donors (Lipinski definition) is 0. The number of rotatable bonds is 4. The highest BCUT2D eigenvalue weighted by Gasteiger charge is 2.34. The van der Waals surface area contributed by atoms with Gasteiger partial charge in [-0.25, -0.2) is 9.50 Å². The average Bonchev–Trinajstić information content (AvgIpc) is 3.09. The molecule has 1 aliphatic rings. The van der Waals surface area contributed by atoms with E-state index < -0.39 is 11.7 Å². The van der Waals surface area contributed by atoms with E-state index in [1.165, 1.54) is 22.8 Å². The van der Waals surface area contributed by atoms with E-state index in [4.69, 9.17) is 4.74 Å². The van der Waals surface area contributed by atoms with Gasteiger partial charge in [-0.1, -0.05) is 18.2 Å². The Morgan fingerprint density at radius 3 is 2.79 bits per heavy atom. The molecule has 0 spiro atoms. The second-order valence-electron chi connectivity index (χ2n) is 7.21. The zero-order chi connectivity index (χ0) is 19.7. The van der Waals surface area contributed by atoms with Gasteiger partial charge in [-0.3, -0.25) is 0 Å². The molecule has 0 bridgehead atoms. The molecule has 1 aromatic carbocycles. The van der Waals surface area contributed by atoms with Crippen LogP contribution in [-0.4, -0.2) is 46.2 Å². The van der Waals surface area contributed by atoms with Crippen LogP contribution in [0.4, 0.5) is 13.2 Å². The summed E-state index contributed by atoms with van der Waals surface area (Å²) in [6, 6.07) is 8.85. The van der Waals surface area contributed by atoms with E-state index in [2.05, 4.69) is 22.0 Å². The van der Waals surface area contributed by atoms with Gasteiger partial charge >= 0.3 is 6.18 Å². The molecule has 1 unspecified atom stereocenters. The lowest BCUT2D eigenvalue weighted by molar-refractivity contribution is -0.137. The lowest BCUT2D eigenvalue weighted by Crippen LogP contribution is -2.34. The van der Waals surface area contributed by atoms with Gasteiger partial charge in [0.1, 0.15) is 0 Å². The normalized spacial score (nSPS) is 18.5. The maximum absolute atomic E-state index is 13.4. The van der Waals surface area contributed by atoms with Gasteiger partial charge in [0, 0.05) is 24.1 Å². The van der Waals surface area contributed by atoms with Crippen molar-refractivity contribution in [3.63, 3.8) is 0 Å². The van der Waals surface area contributed by atoms with Crippen molar-refractivity contribution in [2.75, 3.05) is 26.7 Å². The van der Waals surface area contributed by atoms with Crippen LogP contribution in [0.2, 0.25) is 0 Å². The van der Waals surface area contributed by atoms with E-state index in [1.807, 2.05) is 0 Å². The van der Waals surface area contributed by atoms with Crippen LogP contribution < -0.4 is 4.74 Å². The molecule has 0 saturated carbocycles. The first-order valence-electron chi connectivity index (χ1n) is 9.24. The van der Waals surface area contributed by atoms with Crippen LogP contribution in [0.5, 0.6) is 5.88 Å². The molecule has 0 amide bonds. The number of alkyl halides is 3. The first-order valence-corrected chi connectivity index (χ1v) is 9.24. The van der Waals surface area contributed by atoms with Gasteiger partial charge in [-0.15, -0.1) is 5.10 Å². The van der Waals surface area contributed by atoms with Crippen LogP contribution in [0.1, 0.15) is 18.4 Å². The molecule has 5 nitrogen and oxygen atoms in total. The zero-order valence-corrected chi connectivity index (χ0v) is 15.5. The van der Waals surface area contributed by atoms with Crippen molar-refractivity contribution >= 4 is 5.65 Å². The first kappa shape index (κ1) is 18.7. The highest BCUT2D eigenvalue weighted by molar-refractivity contribution is 5.67. The molecule has 0 radical (unpaired) electrons. The summed E-state index contributed by atoms with van der Waals surface area (Å²) in [5.74, 6) is 0.800. The van der Waals surface area contributed by atoms with Gasteiger partial charge in [0.25, 0.3) is 0 Å². The van der Waals surface area contributed by atoms with Crippen molar-refractivity contribution in [3.8, 4) is 17.1 Å². The second kappa shape index (κ2) is 7.43. The number of benzene rings is 1. The minimum Gasteiger partial charge on any atom is -0.476 e. The minimum absolute atomic E-state index is 0.0426. The number of likely N-dealkylation sites (tertiary alicyclic amines) is 1. The van der Waals surface area contributed by atoms with Crippen molar-refractivity contribution in [2.24, 2.45) is 5.92 Å². The molecule has 2 aromatic heterocycles. The molecule has 3 aromatic rings. The fourth-order valence-electron chi connectivity index (χ4n) is 3.68. The van der Waals surface area contributed by atoms with E-state index in [9.17, 15) is 13.2 Å². The second-order valence-corrected chi connectivity index (χ2v) is 7.21. The predicted molar refractivity (Wildman–Crippen MR) is 99.1 cm³/mol. The monoisotopic (exact) mass is 390 g/mol. The van der Waals surface area contributed by atoms with E-state index in [0.717, 1.165) is 32.0 Å². The van der Waals surface area contributed by atoms with Crippen LogP contribution in [0.15, 0.2) is 42.6 Å². The number of nitrogens with zero attached hydrogens (tertiary/aromatic N) is 4. The molecule has 1 aliphatic heterocycles. The summed E-state index contributed by atoms with van der Waals surface area (Å²) in [6.45, 7) is 2.60. The number of halogens is 3. The average molecular weight is 390 g/mol. The van der Waals surface area contributed by atoms with Crippen molar-refractivity contribution in [2.45, 2.75) is 19.0 Å². The van der Waals surface area contributed by atoms with Gasteiger partial charge in [0.05, 0.1) is 24.1 Å². The summed E-state index contributed by atoms with van der Waals surface area (Å²) < 4.78 is 47.5. The number of fused-ring (bicyclic) bond motifs is 1. The molecule has 148 valence electrons. The van der Waals surface area contributed by atoms with E-state index in [1.54, 1.807) is 18.2 Å². The summed E-state index contributed by atoms with van der Waals surface area (Å²) in [5, 5.41) is 4.39. The van der Waals surface area contributed by atoms with Gasteiger partial charge in [0.2, 0.25) is 5.88 Å². The number of piperidine rings is 1. The highest BCUT2D eigenvalue weighted by atomic mass is 19.4. The Hall–Kier alpha value is -2.61. The summed E-state index contributed by atoms with van der Waals surface area (Å²) in [4.78, 5) is 6.46. The largest absolute Gasteiger partial charge is 0.476 e. The minimum atomic E-state index is -4.46. The van der Waals surface area contributed by atoms with Crippen LogP contribution in [0.3, 0.4) is 0 Å². The van der Waals surface area contributed by atoms with Crippen molar-refractivity contribution in [1.82, 2.24) is 19.5 Å². The molecule has 8 heteroatoms. The van der Waals surface area contributed by atoms with Crippen molar-refractivity contribution in [3.05, 3.63) is 48.2 Å². The fraction of sp³-hybridized carbons (Fsp3) is 0.400. The zero-order valence-electron chi connectivity index (χ0n) is 15.5. The molecular weight excluding hydrogens is 369 g/mol. The number of ether oxygens (including phenoxy) is 1. The molecule has 0 N–H and O–H groups in total. The number of aromatic nitrogens is 3. The van der Waals surface area contributed by atoms with Crippen LogP contribution >= 0.6 is 0 Å². The maximum atomic E-state index is 13.4. The van der Waals surface area contributed by atoms with Gasteiger partial charge in [-0.2, -0.15) is 13.2 Å².